The molecule has 0 aliphatic carbocycles. The third-order valence-corrected chi connectivity index (χ3v) is 1.57. The maximum atomic E-state index is 5.38. The normalized spacial score (nSPS) is 8.92. The van der Waals surface area contributed by atoms with Crippen molar-refractivity contribution in [1.29, 1.82) is 0 Å². The summed E-state index contributed by atoms with van der Waals surface area (Å²) in [6.07, 6.45) is 5.35. The van der Waals surface area contributed by atoms with Gasteiger partial charge in [-0.3, -0.25) is 0 Å². The van der Waals surface area contributed by atoms with Gasteiger partial charge in [-0.25, -0.2) is 0 Å². The molecule has 0 fully saturated rings. The van der Waals surface area contributed by atoms with Crippen LogP contribution in [0.2, 0.25) is 0 Å². The fourth-order valence-corrected chi connectivity index (χ4v) is 0.813. The molecule has 0 N–H and O–H groups in total. The first-order valence-electron chi connectivity index (χ1n) is 4.24. The predicted octanol–water partition coefficient (Wildman–Crippen LogP) is 3.40. The zero-order valence-corrected chi connectivity index (χ0v) is 8.47. The van der Waals surface area contributed by atoms with Gasteiger partial charge in [0.1, 0.15) is 5.76 Å². The standard InChI is InChI=1S/C5H11Cl.C4H5NO/c1-2-3-4-5-6;1-4-2-3-5-6-4/h2-5H2,1H3;2-3H,1H3. The van der Waals surface area contributed by atoms with Crippen molar-refractivity contribution >= 4 is 11.6 Å². The quantitative estimate of drug-likeness (QED) is 0.538. The van der Waals surface area contributed by atoms with Gasteiger partial charge in [-0.2, -0.15) is 0 Å². The molecule has 0 radical (unpaired) electrons. The summed E-state index contributed by atoms with van der Waals surface area (Å²) in [7, 11) is 0. The van der Waals surface area contributed by atoms with Gasteiger partial charge in [0.2, 0.25) is 0 Å². The molecule has 1 aromatic heterocycles. The molecule has 3 heteroatoms. The molecule has 70 valence electrons. The Morgan fingerprint density at radius 2 is 2.25 bits per heavy atom. The minimum absolute atomic E-state index is 0.827. The number of halogens is 1. The molecular formula is C9H16ClNO. The van der Waals surface area contributed by atoms with Crippen LogP contribution in [0.5, 0.6) is 0 Å². The highest BCUT2D eigenvalue weighted by Gasteiger charge is 1.78. The molecule has 1 rings (SSSR count). The number of rotatable bonds is 3. The lowest BCUT2D eigenvalue weighted by molar-refractivity contribution is 0.397. The van der Waals surface area contributed by atoms with E-state index in [0.29, 0.717) is 0 Å². The molecule has 0 amide bonds. The number of hydrogen-bond donors (Lipinski definition) is 0. The zero-order valence-electron chi connectivity index (χ0n) is 7.72. The highest BCUT2D eigenvalue weighted by molar-refractivity contribution is 6.17. The van der Waals surface area contributed by atoms with Gasteiger partial charge in [-0.15, -0.1) is 11.6 Å². The summed E-state index contributed by atoms with van der Waals surface area (Å²) in [5.41, 5.74) is 0. The van der Waals surface area contributed by atoms with Gasteiger partial charge in [0, 0.05) is 11.9 Å². The largest absolute Gasteiger partial charge is 0.362 e. The van der Waals surface area contributed by atoms with Gasteiger partial charge in [0.25, 0.3) is 0 Å². The van der Waals surface area contributed by atoms with E-state index in [2.05, 4.69) is 16.6 Å². The van der Waals surface area contributed by atoms with Gasteiger partial charge in [-0.1, -0.05) is 24.9 Å². The smallest absolute Gasteiger partial charge is 0.133 e. The molecule has 0 saturated carbocycles. The van der Waals surface area contributed by atoms with Crippen molar-refractivity contribution in [1.82, 2.24) is 5.16 Å². The average molecular weight is 190 g/mol. The van der Waals surface area contributed by atoms with E-state index in [9.17, 15) is 0 Å². The van der Waals surface area contributed by atoms with Crippen molar-refractivity contribution in [2.24, 2.45) is 0 Å². The minimum Gasteiger partial charge on any atom is -0.362 e. The molecule has 2 nitrogen and oxygen atoms in total. The van der Waals surface area contributed by atoms with E-state index >= 15 is 0 Å². The summed E-state index contributed by atoms with van der Waals surface area (Å²) in [6, 6.07) is 1.81. The number of alkyl halides is 1. The van der Waals surface area contributed by atoms with Crippen molar-refractivity contribution < 1.29 is 4.52 Å². The molecular weight excluding hydrogens is 174 g/mol. The fraction of sp³-hybridized carbons (Fsp3) is 0.667. The molecule has 12 heavy (non-hydrogen) atoms. The third kappa shape index (κ3) is 7.61. The number of unbranched alkanes of at least 4 members (excludes halogenated alkanes) is 2. The highest BCUT2D eigenvalue weighted by atomic mass is 35.5. The van der Waals surface area contributed by atoms with Crippen LogP contribution in [0.1, 0.15) is 31.9 Å². The predicted molar refractivity (Wildman–Crippen MR) is 51.5 cm³/mol. The monoisotopic (exact) mass is 189 g/mol. The van der Waals surface area contributed by atoms with Crippen molar-refractivity contribution in [3.63, 3.8) is 0 Å². The van der Waals surface area contributed by atoms with E-state index in [-0.39, 0.29) is 0 Å². The molecule has 0 aliphatic rings. The molecule has 1 aromatic rings. The number of hydrogen-bond acceptors (Lipinski definition) is 2. The second kappa shape index (κ2) is 8.60. The Morgan fingerprint density at radius 1 is 1.50 bits per heavy atom. The zero-order chi connectivity index (χ0) is 9.23. The molecule has 0 bridgehead atoms. The van der Waals surface area contributed by atoms with E-state index in [0.717, 1.165) is 11.6 Å². The maximum absolute atomic E-state index is 5.38. The molecule has 0 saturated heterocycles. The van der Waals surface area contributed by atoms with Crippen LogP contribution in [0, 0.1) is 6.92 Å². The summed E-state index contributed by atoms with van der Waals surface area (Å²) in [5, 5.41) is 3.45. The number of aryl methyl sites for hydroxylation is 1. The van der Waals surface area contributed by atoms with E-state index in [4.69, 9.17) is 11.6 Å². The SMILES string of the molecule is CCCCCCl.Cc1ccno1. The lowest BCUT2D eigenvalue weighted by Crippen LogP contribution is -1.70. The number of nitrogens with zero attached hydrogens (tertiary/aromatic N) is 1. The first kappa shape index (κ1) is 11.5. The Hall–Kier alpha value is -0.500. The first-order chi connectivity index (χ1) is 5.81. The second-order valence-electron chi connectivity index (χ2n) is 2.52. The first-order valence-corrected chi connectivity index (χ1v) is 4.78. The topological polar surface area (TPSA) is 26.0 Å². The Kier molecular flexibility index (Phi) is 8.24. The maximum Gasteiger partial charge on any atom is 0.133 e. The van der Waals surface area contributed by atoms with Crippen molar-refractivity contribution in [2.45, 2.75) is 33.1 Å². The molecule has 1 heterocycles. The van der Waals surface area contributed by atoms with Gasteiger partial charge in [0.05, 0.1) is 6.20 Å². The summed E-state index contributed by atoms with van der Waals surface area (Å²) in [4.78, 5) is 0. The summed E-state index contributed by atoms with van der Waals surface area (Å²) < 4.78 is 4.58. The lowest BCUT2D eigenvalue weighted by Gasteiger charge is -1.84. The summed E-state index contributed by atoms with van der Waals surface area (Å²) in [5.74, 6) is 1.68. The number of aromatic nitrogens is 1. The van der Waals surface area contributed by atoms with E-state index in [1.807, 2.05) is 6.92 Å². The van der Waals surface area contributed by atoms with Crippen LogP contribution < -0.4 is 0 Å². The Balaban J connectivity index is 0.000000202. The van der Waals surface area contributed by atoms with Crippen LogP contribution in [-0.4, -0.2) is 11.0 Å². The van der Waals surface area contributed by atoms with E-state index in [1.54, 1.807) is 12.3 Å². The van der Waals surface area contributed by atoms with Gasteiger partial charge >= 0.3 is 0 Å². The molecule has 0 aliphatic heterocycles. The molecule has 0 unspecified atom stereocenters. The van der Waals surface area contributed by atoms with Crippen LogP contribution in [0.25, 0.3) is 0 Å². The van der Waals surface area contributed by atoms with Crippen molar-refractivity contribution in [3.05, 3.63) is 18.0 Å². The van der Waals surface area contributed by atoms with Crippen LogP contribution in [-0.2, 0) is 0 Å². The van der Waals surface area contributed by atoms with E-state index < -0.39 is 0 Å². The average Bonchev–Trinajstić information content (AvgIpc) is 2.53. The molecule has 0 atom stereocenters. The Labute approximate surface area is 78.9 Å². The fourth-order valence-electron chi connectivity index (χ4n) is 0.624. The van der Waals surface area contributed by atoms with Gasteiger partial charge < -0.3 is 4.52 Å². The molecule has 0 aromatic carbocycles. The summed E-state index contributed by atoms with van der Waals surface area (Å²) in [6.45, 7) is 4.03. The molecule has 0 spiro atoms. The third-order valence-electron chi connectivity index (χ3n) is 1.30. The summed E-state index contributed by atoms with van der Waals surface area (Å²) >= 11 is 5.38. The van der Waals surface area contributed by atoms with Crippen LogP contribution in [0.15, 0.2) is 16.8 Å². The van der Waals surface area contributed by atoms with Crippen molar-refractivity contribution in [2.75, 3.05) is 5.88 Å². The Bertz CT molecular complexity index is 159. The highest BCUT2D eigenvalue weighted by Crippen LogP contribution is 1.93. The Morgan fingerprint density at radius 3 is 2.42 bits per heavy atom. The van der Waals surface area contributed by atoms with E-state index in [1.165, 1.54) is 19.3 Å². The van der Waals surface area contributed by atoms with Gasteiger partial charge in [0.15, 0.2) is 0 Å². The second-order valence-corrected chi connectivity index (χ2v) is 2.90. The minimum atomic E-state index is 0.827. The van der Waals surface area contributed by atoms with Gasteiger partial charge in [-0.05, 0) is 13.3 Å². The van der Waals surface area contributed by atoms with Crippen LogP contribution >= 0.6 is 11.6 Å². The van der Waals surface area contributed by atoms with Crippen LogP contribution in [0.4, 0.5) is 0 Å². The van der Waals surface area contributed by atoms with Crippen LogP contribution in [0.3, 0.4) is 0 Å². The van der Waals surface area contributed by atoms with Crippen molar-refractivity contribution in [3.8, 4) is 0 Å². The lowest BCUT2D eigenvalue weighted by atomic mass is 10.3.